The van der Waals surface area contributed by atoms with Crippen molar-refractivity contribution in [2.45, 2.75) is 6.61 Å². The monoisotopic (exact) mass is 267 g/mol. The van der Waals surface area contributed by atoms with E-state index in [-0.39, 0.29) is 6.61 Å². The highest BCUT2D eigenvalue weighted by atomic mass is 79.9. The molecule has 0 unspecified atom stereocenters. The number of rotatable bonds is 1. The molecule has 1 N–H and O–H groups in total. The van der Waals surface area contributed by atoms with E-state index in [9.17, 15) is 0 Å². The molecular weight excluding hydrogens is 262 g/mol. The SMILES string of the molecule is N#Cc1cc(CO)c2cc(Br)sc2c1. The van der Waals surface area contributed by atoms with E-state index in [2.05, 4.69) is 22.0 Å². The molecule has 0 fully saturated rings. The zero-order valence-electron chi connectivity index (χ0n) is 7.12. The maximum absolute atomic E-state index is 9.14. The van der Waals surface area contributed by atoms with Gasteiger partial charge in [0.05, 0.1) is 22.0 Å². The highest BCUT2D eigenvalue weighted by molar-refractivity contribution is 9.11. The van der Waals surface area contributed by atoms with Gasteiger partial charge in [0.25, 0.3) is 0 Å². The number of hydrogen-bond acceptors (Lipinski definition) is 3. The molecule has 2 rings (SSSR count). The zero-order valence-corrected chi connectivity index (χ0v) is 9.52. The Balaban J connectivity index is 2.80. The third kappa shape index (κ3) is 1.55. The molecule has 0 saturated carbocycles. The highest BCUT2D eigenvalue weighted by Gasteiger charge is 2.06. The molecule has 1 heterocycles. The standard InChI is InChI=1S/C10H6BrNOS/c11-10-3-8-7(5-13)1-6(4-12)2-9(8)14-10/h1-3,13H,5H2. The minimum Gasteiger partial charge on any atom is -0.392 e. The van der Waals surface area contributed by atoms with Gasteiger partial charge in [0.15, 0.2) is 0 Å². The second-order valence-electron chi connectivity index (χ2n) is 2.87. The number of aliphatic hydroxyl groups is 1. The van der Waals surface area contributed by atoms with Crippen molar-refractivity contribution in [3.63, 3.8) is 0 Å². The van der Waals surface area contributed by atoms with Crippen LogP contribution in [-0.4, -0.2) is 5.11 Å². The summed E-state index contributed by atoms with van der Waals surface area (Å²) in [6.45, 7) is -0.0325. The number of benzene rings is 1. The summed E-state index contributed by atoms with van der Waals surface area (Å²) in [6.07, 6.45) is 0. The Kier molecular flexibility index (Phi) is 2.55. The predicted molar refractivity (Wildman–Crippen MR) is 60.2 cm³/mol. The lowest BCUT2D eigenvalue weighted by Gasteiger charge is -1.98. The minimum atomic E-state index is -0.0325. The van der Waals surface area contributed by atoms with Crippen molar-refractivity contribution in [2.24, 2.45) is 0 Å². The number of hydrogen-bond donors (Lipinski definition) is 1. The third-order valence-electron chi connectivity index (χ3n) is 1.99. The Bertz CT molecular complexity index is 527. The fourth-order valence-electron chi connectivity index (χ4n) is 1.38. The van der Waals surface area contributed by atoms with Gasteiger partial charge in [-0.25, -0.2) is 0 Å². The number of nitrogens with zero attached hydrogens (tertiary/aromatic N) is 1. The van der Waals surface area contributed by atoms with Gasteiger partial charge in [0.1, 0.15) is 0 Å². The van der Waals surface area contributed by atoms with Gasteiger partial charge in [-0.05, 0) is 45.1 Å². The first-order valence-corrected chi connectivity index (χ1v) is 5.58. The largest absolute Gasteiger partial charge is 0.392 e. The van der Waals surface area contributed by atoms with Crippen LogP contribution in [0.15, 0.2) is 22.0 Å². The number of aliphatic hydroxyl groups excluding tert-OH is 1. The van der Waals surface area contributed by atoms with Crippen LogP contribution in [0.25, 0.3) is 10.1 Å². The van der Waals surface area contributed by atoms with E-state index in [0.717, 1.165) is 19.4 Å². The van der Waals surface area contributed by atoms with E-state index in [1.807, 2.05) is 12.1 Å². The van der Waals surface area contributed by atoms with Crippen LogP contribution in [0, 0.1) is 11.3 Å². The number of halogens is 1. The molecule has 0 aliphatic carbocycles. The zero-order chi connectivity index (χ0) is 10.1. The lowest BCUT2D eigenvalue weighted by Crippen LogP contribution is -1.85. The van der Waals surface area contributed by atoms with Gasteiger partial charge in [-0.15, -0.1) is 11.3 Å². The molecule has 0 spiro atoms. The van der Waals surface area contributed by atoms with Gasteiger partial charge in [-0.2, -0.15) is 5.26 Å². The molecule has 0 atom stereocenters. The third-order valence-corrected chi connectivity index (χ3v) is 3.58. The molecule has 0 saturated heterocycles. The van der Waals surface area contributed by atoms with Gasteiger partial charge in [0, 0.05) is 4.70 Å². The molecule has 0 radical (unpaired) electrons. The fourth-order valence-corrected chi connectivity index (χ4v) is 3.00. The Hall–Kier alpha value is -0.890. The summed E-state index contributed by atoms with van der Waals surface area (Å²) in [4.78, 5) is 0. The molecule has 0 bridgehead atoms. The first kappa shape index (κ1) is 9.66. The molecule has 0 aliphatic rings. The van der Waals surface area contributed by atoms with Gasteiger partial charge in [-0.1, -0.05) is 0 Å². The normalized spacial score (nSPS) is 10.4. The summed E-state index contributed by atoms with van der Waals surface area (Å²) in [5, 5.41) is 18.9. The molecule has 4 heteroatoms. The van der Waals surface area contributed by atoms with Gasteiger partial charge in [0.2, 0.25) is 0 Å². The van der Waals surface area contributed by atoms with E-state index >= 15 is 0 Å². The van der Waals surface area contributed by atoms with Crippen LogP contribution in [0.1, 0.15) is 11.1 Å². The number of fused-ring (bicyclic) bond motifs is 1. The molecule has 14 heavy (non-hydrogen) atoms. The molecule has 0 aliphatic heterocycles. The van der Waals surface area contributed by atoms with Crippen molar-refractivity contribution < 1.29 is 5.11 Å². The summed E-state index contributed by atoms with van der Waals surface area (Å²) in [7, 11) is 0. The Labute approximate surface area is 93.5 Å². The second-order valence-corrected chi connectivity index (χ2v) is 5.33. The molecule has 1 aromatic carbocycles. The number of nitriles is 1. The smallest absolute Gasteiger partial charge is 0.0992 e. The molecule has 1 aromatic heterocycles. The first-order valence-electron chi connectivity index (χ1n) is 3.97. The Morgan fingerprint density at radius 1 is 1.43 bits per heavy atom. The summed E-state index contributed by atoms with van der Waals surface area (Å²) >= 11 is 4.95. The van der Waals surface area contributed by atoms with Gasteiger partial charge >= 0.3 is 0 Å². The summed E-state index contributed by atoms with van der Waals surface area (Å²) in [5.74, 6) is 0. The van der Waals surface area contributed by atoms with Crippen LogP contribution in [0.5, 0.6) is 0 Å². The minimum absolute atomic E-state index is 0.0325. The molecular formula is C10H6BrNOS. The van der Waals surface area contributed by atoms with Gasteiger partial charge in [-0.3, -0.25) is 0 Å². The topological polar surface area (TPSA) is 44.0 Å². The van der Waals surface area contributed by atoms with E-state index in [4.69, 9.17) is 10.4 Å². The summed E-state index contributed by atoms with van der Waals surface area (Å²) in [6, 6.07) is 7.61. The summed E-state index contributed by atoms with van der Waals surface area (Å²) in [5.41, 5.74) is 1.40. The van der Waals surface area contributed by atoms with Crippen molar-refractivity contribution in [1.82, 2.24) is 0 Å². The lowest BCUT2D eigenvalue weighted by atomic mass is 10.1. The van der Waals surface area contributed by atoms with E-state index < -0.39 is 0 Å². The van der Waals surface area contributed by atoms with Crippen LogP contribution in [0.2, 0.25) is 0 Å². The fraction of sp³-hybridized carbons (Fsp3) is 0.100. The van der Waals surface area contributed by atoms with Crippen LogP contribution in [0.4, 0.5) is 0 Å². The maximum Gasteiger partial charge on any atom is 0.0992 e. The van der Waals surface area contributed by atoms with Gasteiger partial charge < -0.3 is 5.11 Å². The second kappa shape index (κ2) is 3.70. The van der Waals surface area contributed by atoms with E-state index in [1.54, 1.807) is 17.4 Å². The number of thiophene rings is 1. The molecule has 2 aromatic rings. The van der Waals surface area contributed by atoms with Crippen LogP contribution < -0.4 is 0 Å². The lowest BCUT2D eigenvalue weighted by molar-refractivity contribution is 0.283. The van der Waals surface area contributed by atoms with E-state index in [1.165, 1.54) is 0 Å². The molecule has 0 amide bonds. The quantitative estimate of drug-likeness (QED) is 0.863. The van der Waals surface area contributed by atoms with Crippen molar-refractivity contribution in [2.75, 3.05) is 0 Å². The molecule has 2 nitrogen and oxygen atoms in total. The first-order chi connectivity index (χ1) is 6.74. The average molecular weight is 268 g/mol. The van der Waals surface area contributed by atoms with Crippen LogP contribution in [0.3, 0.4) is 0 Å². The van der Waals surface area contributed by atoms with Crippen molar-refractivity contribution >= 4 is 37.4 Å². The molecule has 70 valence electrons. The van der Waals surface area contributed by atoms with Crippen molar-refractivity contribution in [1.29, 1.82) is 5.26 Å². The highest BCUT2D eigenvalue weighted by Crippen LogP contribution is 2.32. The van der Waals surface area contributed by atoms with Crippen molar-refractivity contribution in [3.8, 4) is 6.07 Å². The van der Waals surface area contributed by atoms with Crippen molar-refractivity contribution in [3.05, 3.63) is 33.1 Å². The van der Waals surface area contributed by atoms with E-state index in [0.29, 0.717) is 5.56 Å². The Morgan fingerprint density at radius 3 is 2.86 bits per heavy atom. The average Bonchev–Trinajstić information content (AvgIpc) is 2.56. The van der Waals surface area contributed by atoms with Crippen LogP contribution in [-0.2, 0) is 6.61 Å². The maximum atomic E-state index is 9.14. The Morgan fingerprint density at radius 2 is 2.21 bits per heavy atom. The predicted octanol–water partition coefficient (Wildman–Crippen LogP) is 3.03. The summed E-state index contributed by atoms with van der Waals surface area (Å²) < 4.78 is 2.04. The van der Waals surface area contributed by atoms with Crippen LogP contribution >= 0.6 is 27.3 Å².